The molecule has 2 amide bonds. The molecule has 144 valence electrons. The highest BCUT2D eigenvalue weighted by Crippen LogP contribution is 2.25. The van der Waals surface area contributed by atoms with Gasteiger partial charge in [0.15, 0.2) is 0 Å². The summed E-state index contributed by atoms with van der Waals surface area (Å²) in [6, 6.07) is 15.1. The molecule has 3 rings (SSSR count). The Morgan fingerprint density at radius 3 is 2.25 bits per heavy atom. The molecular formula is C22H23N3O2S. The summed E-state index contributed by atoms with van der Waals surface area (Å²) in [6.07, 6.45) is 0. The first-order chi connectivity index (χ1) is 13.2. The summed E-state index contributed by atoms with van der Waals surface area (Å²) in [4.78, 5) is 29.1. The van der Waals surface area contributed by atoms with Crippen LogP contribution in [0.25, 0.3) is 10.6 Å². The van der Waals surface area contributed by atoms with Crippen molar-refractivity contribution >= 4 is 34.5 Å². The van der Waals surface area contributed by atoms with E-state index in [9.17, 15) is 9.59 Å². The summed E-state index contributed by atoms with van der Waals surface area (Å²) in [5.41, 5.74) is 3.27. The van der Waals surface area contributed by atoms with Crippen molar-refractivity contribution in [3.63, 3.8) is 0 Å². The molecule has 0 saturated heterocycles. The lowest BCUT2D eigenvalue weighted by atomic mass is 9.95. The highest BCUT2D eigenvalue weighted by molar-refractivity contribution is 7.13. The molecule has 0 radical (unpaired) electrons. The number of carbonyl (C=O) groups excluding carboxylic acids is 2. The van der Waals surface area contributed by atoms with Gasteiger partial charge < -0.3 is 10.6 Å². The fourth-order valence-corrected chi connectivity index (χ4v) is 3.20. The van der Waals surface area contributed by atoms with Crippen molar-refractivity contribution < 1.29 is 9.59 Å². The van der Waals surface area contributed by atoms with E-state index in [0.717, 1.165) is 10.6 Å². The molecule has 0 aliphatic rings. The van der Waals surface area contributed by atoms with Crippen LogP contribution in [0.1, 0.15) is 36.8 Å². The monoisotopic (exact) mass is 393 g/mol. The Morgan fingerprint density at radius 2 is 1.61 bits per heavy atom. The number of anilines is 2. The second-order valence-corrected chi connectivity index (χ2v) is 8.50. The molecule has 0 unspecified atom stereocenters. The van der Waals surface area contributed by atoms with Gasteiger partial charge in [0.25, 0.3) is 5.91 Å². The second kappa shape index (κ2) is 7.94. The Bertz CT molecular complexity index is 1000. The molecule has 2 aromatic carbocycles. The van der Waals surface area contributed by atoms with Gasteiger partial charge in [-0.1, -0.05) is 56.7 Å². The van der Waals surface area contributed by atoms with Crippen LogP contribution in [-0.4, -0.2) is 16.8 Å². The molecule has 0 bridgehead atoms. The number of nitrogens with zero attached hydrogens (tertiary/aromatic N) is 1. The molecule has 0 saturated carbocycles. The predicted molar refractivity (Wildman–Crippen MR) is 115 cm³/mol. The van der Waals surface area contributed by atoms with Crippen molar-refractivity contribution in [1.82, 2.24) is 4.98 Å². The average molecular weight is 394 g/mol. The third-order valence-electron chi connectivity index (χ3n) is 4.09. The SMILES string of the molecule is Cc1ccc(-c2nc(C(=O)Nc3cccc(NC(=O)C(C)(C)C)c3)cs2)cc1. The summed E-state index contributed by atoms with van der Waals surface area (Å²) >= 11 is 1.43. The van der Waals surface area contributed by atoms with Gasteiger partial charge in [0.05, 0.1) is 0 Å². The van der Waals surface area contributed by atoms with E-state index in [-0.39, 0.29) is 11.8 Å². The number of aromatic nitrogens is 1. The Balaban J connectivity index is 1.71. The van der Waals surface area contributed by atoms with Crippen molar-refractivity contribution in [1.29, 1.82) is 0 Å². The van der Waals surface area contributed by atoms with Crippen LogP contribution >= 0.6 is 11.3 Å². The number of benzene rings is 2. The van der Waals surface area contributed by atoms with Gasteiger partial charge in [-0.3, -0.25) is 9.59 Å². The first-order valence-electron chi connectivity index (χ1n) is 8.98. The van der Waals surface area contributed by atoms with E-state index in [4.69, 9.17) is 0 Å². The van der Waals surface area contributed by atoms with Gasteiger partial charge in [-0.25, -0.2) is 4.98 Å². The van der Waals surface area contributed by atoms with Gasteiger partial charge in [0.1, 0.15) is 10.7 Å². The fourth-order valence-electron chi connectivity index (χ4n) is 2.40. The molecule has 0 aliphatic heterocycles. The van der Waals surface area contributed by atoms with Gasteiger partial charge in [0, 0.05) is 27.7 Å². The number of aryl methyl sites for hydroxylation is 1. The molecule has 2 N–H and O–H groups in total. The topological polar surface area (TPSA) is 71.1 Å². The Morgan fingerprint density at radius 1 is 0.964 bits per heavy atom. The number of rotatable bonds is 4. The highest BCUT2D eigenvalue weighted by Gasteiger charge is 2.21. The highest BCUT2D eigenvalue weighted by atomic mass is 32.1. The molecule has 0 spiro atoms. The van der Waals surface area contributed by atoms with Crippen LogP contribution in [0.3, 0.4) is 0 Å². The molecule has 1 aromatic heterocycles. The van der Waals surface area contributed by atoms with Crippen LogP contribution in [0.2, 0.25) is 0 Å². The molecule has 3 aromatic rings. The van der Waals surface area contributed by atoms with E-state index >= 15 is 0 Å². The third kappa shape index (κ3) is 4.84. The van der Waals surface area contributed by atoms with Crippen molar-refractivity contribution in [2.45, 2.75) is 27.7 Å². The van der Waals surface area contributed by atoms with E-state index in [2.05, 4.69) is 15.6 Å². The van der Waals surface area contributed by atoms with Crippen LogP contribution in [0.15, 0.2) is 53.9 Å². The molecule has 5 nitrogen and oxygen atoms in total. The number of hydrogen-bond donors (Lipinski definition) is 2. The quantitative estimate of drug-likeness (QED) is 0.627. The lowest BCUT2D eigenvalue weighted by Crippen LogP contribution is -2.27. The molecule has 28 heavy (non-hydrogen) atoms. The number of amides is 2. The van der Waals surface area contributed by atoms with Gasteiger partial charge >= 0.3 is 0 Å². The van der Waals surface area contributed by atoms with E-state index in [0.29, 0.717) is 17.1 Å². The summed E-state index contributed by atoms with van der Waals surface area (Å²) in [6.45, 7) is 7.58. The van der Waals surface area contributed by atoms with E-state index in [1.165, 1.54) is 16.9 Å². The third-order valence-corrected chi connectivity index (χ3v) is 4.99. The predicted octanol–water partition coefficient (Wildman–Crippen LogP) is 5.36. The standard InChI is InChI=1S/C22H23N3O2S/c1-14-8-10-15(11-9-14)20-25-18(13-28-20)19(26)23-16-6-5-7-17(12-16)24-21(27)22(2,3)4/h5-13H,1-4H3,(H,23,26)(H,24,27). The van der Waals surface area contributed by atoms with Gasteiger partial charge in [-0.2, -0.15) is 0 Å². The number of thiazole rings is 1. The van der Waals surface area contributed by atoms with Gasteiger partial charge in [0.2, 0.25) is 5.91 Å². The maximum atomic E-state index is 12.6. The largest absolute Gasteiger partial charge is 0.326 e. The average Bonchev–Trinajstić information content (AvgIpc) is 3.12. The normalized spacial score (nSPS) is 11.1. The van der Waals surface area contributed by atoms with Crippen molar-refractivity contribution in [3.05, 3.63) is 65.2 Å². The first-order valence-corrected chi connectivity index (χ1v) is 9.86. The van der Waals surface area contributed by atoms with E-state index < -0.39 is 5.41 Å². The van der Waals surface area contributed by atoms with E-state index in [1.807, 2.05) is 52.0 Å². The van der Waals surface area contributed by atoms with Crippen LogP contribution in [0.5, 0.6) is 0 Å². The lowest BCUT2D eigenvalue weighted by molar-refractivity contribution is -0.123. The smallest absolute Gasteiger partial charge is 0.275 e. The minimum absolute atomic E-state index is 0.0850. The van der Waals surface area contributed by atoms with Gasteiger partial charge in [-0.05, 0) is 25.1 Å². The Labute approximate surface area is 168 Å². The number of hydrogen-bond acceptors (Lipinski definition) is 4. The summed E-state index contributed by atoms with van der Waals surface area (Å²) < 4.78 is 0. The molecule has 0 atom stereocenters. The maximum absolute atomic E-state index is 12.6. The zero-order valence-electron chi connectivity index (χ0n) is 16.4. The first kappa shape index (κ1) is 19.8. The zero-order valence-corrected chi connectivity index (χ0v) is 17.2. The minimum Gasteiger partial charge on any atom is -0.326 e. The zero-order chi connectivity index (χ0) is 20.3. The van der Waals surface area contributed by atoms with Crippen LogP contribution in [0, 0.1) is 12.3 Å². The second-order valence-electron chi connectivity index (χ2n) is 7.64. The van der Waals surface area contributed by atoms with Gasteiger partial charge in [-0.15, -0.1) is 11.3 Å². The number of carbonyl (C=O) groups is 2. The molecule has 0 aliphatic carbocycles. The van der Waals surface area contributed by atoms with E-state index in [1.54, 1.807) is 29.6 Å². The molecule has 0 fully saturated rings. The number of nitrogens with one attached hydrogen (secondary N) is 2. The maximum Gasteiger partial charge on any atom is 0.275 e. The van der Waals surface area contributed by atoms with Crippen molar-refractivity contribution in [3.8, 4) is 10.6 Å². The van der Waals surface area contributed by atoms with Crippen molar-refractivity contribution in [2.75, 3.05) is 10.6 Å². The summed E-state index contributed by atoms with van der Waals surface area (Å²) in [5, 5.41) is 8.25. The summed E-state index contributed by atoms with van der Waals surface area (Å²) in [5.74, 6) is -0.368. The summed E-state index contributed by atoms with van der Waals surface area (Å²) in [7, 11) is 0. The van der Waals surface area contributed by atoms with Crippen LogP contribution in [0.4, 0.5) is 11.4 Å². The fraction of sp³-hybridized carbons (Fsp3) is 0.227. The molecular weight excluding hydrogens is 370 g/mol. The van der Waals surface area contributed by atoms with Crippen LogP contribution in [-0.2, 0) is 4.79 Å². The minimum atomic E-state index is -0.494. The molecule has 6 heteroatoms. The van der Waals surface area contributed by atoms with Crippen molar-refractivity contribution in [2.24, 2.45) is 5.41 Å². The Kier molecular flexibility index (Phi) is 5.61. The Hall–Kier alpha value is -2.99. The lowest BCUT2D eigenvalue weighted by Gasteiger charge is -2.18. The van der Waals surface area contributed by atoms with Crippen LogP contribution < -0.4 is 10.6 Å². The molecule has 1 heterocycles.